The van der Waals surface area contributed by atoms with Gasteiger partial charge in [0, 0.05) is 30.8 Å². The fraction of sp³-hybridized carbons (Fsp3) is 0.250. The van der Waals surface area contributed by atoms with E-state index in [0.29, 0.717) is 23.6 Å². The van der Waals surface area contributed by atoms with Crippen LogP contribution in [0.4, 0.5) is 0 Å². The number of rotatable bonds is 5. The molecule has 0 amide bonds. The molecular weight excluding hydrogens is 314 g/mol. The van der Waals surface area contributed by atoms with Crippen LogP contribution in [0.15, 0.2) is 53.3 Å². The molecule has 0 aliphatic heterocycles. The Kier molecular flexibility index (Phi) is 4.65. The maximum atomic E-state index is 12.8. The SMILES string of the molecule is CC(C)c1ccc(C(=O)c2ccc(Cc3ccc(=O)[nH]n3)n2C)cc1. The average molecular weight is 335 g/mol. The van der Waals surface area contributed by atoms with E-state index in [2.05, 4.69) is 24.0 Å². The maximum Gasteiger partial charge on any atom is 0.264 e. The number of H-pyrrole nitrogens is 1. The molecule has 5 nitrogen and oxygen atoms in total. The highest BCUT2D eigenvalue weighted by Crippen LogP contribution is 2.18. The van der Waals surface area contributed by atoms with Crippen molar-refractivity contribution in [2.75, 3.05) is 0 Å². The Morgan fingerprint density at radius 1 is 1.08 bits per heavy atom. The first kappa shape index (κ1) is 16.9. The summed E-state index contributed by atoms with van der Waals surface area (Å²) in [6.45, 7) is 4.26. The second kappa shape index (κ2) is 6.89. The molecule has 128 valence electrons. The Morgan fingerprint density at radius 3 is 2.40 bits per heavy atom. The van der Waals surface area contributed by atoms with Crippen molar-refractivity contribution >= 4 is 5.78 Å². The second-order valence-electron chi connectivity index (χ2n) is 6.46. The van der Waals surface area contributed by atoms with Crippen LogP contribution in [0.3, 0.4) is 0 Å². The number of hydrogen-bond acceptors (Lipinski definition) is 3. The summed E-state index contributed by atoms with van der Waals surface area (Å²) in [5.41, 5.74) is 4.02. The van der Waals surface area contributed by atoms with Crippen molar-refractivity contribution in [3.63, 3.8) is 0 Å². The predicted octanol–water partition coefficient (Wildman–Crippen LogP) is 3.05. The van der Waals surface area contributed by atoms with Crippen LogP contribution in [0.2, 0.25) is 0 Å². The van der Waals surface area contributed by atoms with Gasteiger partial charge in [-0.25, -0.2) is 5.10 Å². The summed E-state index contributed by atoms with van der Waals surface area (Å²) in [7, 11) is 1.87. The standard InChI is InChI=1S/C20H21N3O2/c1-13(2)14-4-6-15(7-5-14)20(25)18-10-9-17(23(18)3)12-16-8-11-19(24)22-21-16/h4-11,13H,12H2,1-3H3,(H,22,24). The number of benzene rings is 1. The van der Waals surface area contributed by atoms with Crippen LogP contribution >= 0.6 is 0 Å². The smallest absolute Gasteiger partial charge is 0.264 e. The monoisotopic (exact) mass is 335 g/mol. The van der Waals surface area contributed by atoms with Crippen LogP contribution in [0.25, 0.3) is 0 Å². The molecule has 0 saturated heterocycles. The van der Waals surface area contributed by atoms with Crippen molar-refractivity contribution in [3.8, 4) is 0 Å². The first-order valence-corrected chi connectivity index (χ1v) is 8.29. The number of carbonyl (C=O) groups is 1. The highest BCUT2D eigenvalue weighted by Gasteiger charge is 2.15. The molecule has 0 aliphatic carbocycles. The number of aromatic nitrogens is 3. The van der Waals surface area contributed by atoms with Crippen molar-refractivity contribution in [3.05, 3.63) is 87.1 Å². The van der Waals surface area contributed by atoms with Gasteiger partial charge >= 0.3 is 0 Å². The molecule has 1 N–H and O–H groups in total. The molecule has 0 unspecified atom stereocenters. The fourth-order valence-electron chi connectivity index (χ4n) is 2.78. The minimum absolute atomic E-state index is 0.00140. The van der Waals surface area contributed by atoms with Gasteiger partial charge in [0.15, 0.2) is 0 Å². The van der Waals surface area contributed by atoms with E-state index in [9.17, 15) is 9.59 Å². The molecule has 25 heavy (non-hydrogen) atoms. The van der Waals surface area contributed by atoms with Crippen LogP contribution in [-0.4, -0.2) is 20.5 Å². The maximum absolute atomic E-state index is 12.8. The van der Waals surface area contributed by atoms with E-state index in [-0.39, 0.29) is 11.3 Å². The molecule has 0 fully saturated rings. The molecule has 1 aromatic carbocycles. The largest absolute Gasteiger partial charge is 0.345 e. The zero-order valence-electron chi connectivity index (χ0n) is 14.6. The van der Waals surface area contributed by atoms with Crippen LogP contribution in [-0.2, 0) is 13.5 Å². The van der Waals surface area contributed by atoms with E-state index in [4.69, 9.17) is 0 Å². The van der Waals surface area contributed by atoms with Gasteiger partial charge in [-0.1, -0.05) is 38.1 Å². The number of nitrogens with one attached hydrogen (secondary N) is 1. The Labute approximate surface area is 146 Å². The Balaban J connectivity index is 1.83. The van der Waals surface area contributed by atoms with E-state index >= 15 is 0 Å². The molecule has 0 aliphatic rings. The van der Waals surface area contributed by atoms with Gasteiger partial charge in [0.05, 0.1) is 11.4 Å². The first-order valence-electron chi connectivity index (χ1n) is 8.29. The summed E-state index contributed by atoms with van der Waals surface area (Å²) in [5, 5.41) is 6.44. The van der Waals surface area contributed by atoms with Crippen molar-refractivity contribution < 1.29 is 4.79 Å². The van der Waals surface area contributed by atoms with Crippen LogP contribution < -0.4 is 5.56 Å². The summed E-state index contributed by atoms with van der Waals surface area (Å²) < 4.78 is 1.88. The summed E-state index contributed by atoms with van der Waals surface area (Å²) in [6.07, 6.45) is 0.548. The van der Waals surface area contributed by atoms with E-state index in [1.165, 1.54) is 11.6 Å². The van der Waals surface area contributed by atoms with Crippen molar-refractivity contribution in [2.24, 2.45) is 7.05 Å². The summed E-state index contributed by atoms with van der Waals surface area (Å²) in [6, 6.07) is 14.7. The Morgan fingerprint density at radius 2 is 1.80 bits per heavy atom. The molecule has 3 aromatic rings. The number of aromatic amines is 1. The molecule has 5 heteroatoms. The molecular formula is C20H21N3O2. The quantitative estimate of drug-likeness (QED) is 0.729. The molecule has 0 spiro atoms. The lowest BCUT2D eigenvalue weighted by Crippen LogP contribution is -2.11. The summed E-state index contributed by atoms with van der Waals surface area (Å²) >= 11 is 0. The third kappa shape index (κ3) is 3.60. The molecule has 0 radical (unpaired) electrons. The van der Waals surface area contributed by atoms with E-state index < -0.39 is 0 Å². The van der Waals surface area contributed by atoms with Crippen LogP contribution in [0, 0.1) is 0 Å². The van der Waals surface area contributed by atoms with Gasteiger partial charge in [0.1, 0.15) is 0 Å². The van der Waals surface area contributed by atoms with Gasteiger partial charge in [0.25, 0.3) is 5.56 Å². The van der Waals surface area contributed by atoms with Crippen molar-refractivity contribution in [1.82, 2.24) is 14.8 Å². The number of hydrogen-bond donors (Lipinski definition) is 1. The predicted molar refractivity (Wildman–Crippen MR) is 97.0 cm³/mol. The lowest BCUT2D eigenvalue weighted by molar-refractivity contribution is 0.103. The van der Waals surface area contributed by atoms with Crippen molar-refractivity contribution in [1.29, 1.82) is 0 Å². The fourth-order valence-corrected chi connectivity index (χ4v) is 2.78. The van der Waals surface area contributed by atoms with Crippen LogP contribution in [0.1, 0.15) is 52.8 Å². The topological polar surface area (TPSA) is 67.8 Å². The molecule has 3 rings (SSSR count). The molecule has 2 aromatic heterocycles. The van der Waals surface area contributed by atoms with Crippen molar-refractivity contribution in [2.45, 2.75) is 26.2 Å². The molecule has 0 saturated carbocycles. The molecule has 2 heterocycles. The summed E-state index contributed by atoms with van der Waals surface area (Å²) in [5.74, 6) is 0.439. The molecule has 0 bridgehead atoms. The molecule has 0 atom stereocenters. The second-order valence-corrected chi connectivity index (χ2v) is 6.46. The Bertz CT molecular complexity index is 929. The number of ketones is 1. The minimum Gasteiger partial charge on any atom is -0.345 e. The lowest BCUT2D eigenvalue weighted by atomic mass is 10.00. The lowest BCUT2D eigenvalue weighted by Gasteiger charge is -2.09. The average Bonchev–Trinajstić information content (AvgIpc) is 2.97. The van der Waals surface area contributed by atoms with Gasteiger partial charge in [0.2, 0.25) is 5.78 Å². The zero-order valence-corrected chi connectivity index (χ0v) is 14.6. The first-order chi connectivity index (χ1) is 12.0. The third-order valence-corrected chi connectivity index (χ3v) is 4.40. The minimum atomic E-state index is -0.226. The normalized spacial score (nSPS) is 11.0. The van der Waals surface area contributed by atoms with E-state index in [1.807, 2.05) is 48.0 Å². The number of carbonyl (C=O) groups excluding carboxylic acids is 1. The number of nitrogens with zero attached hydrogens (tertiary/aromatic N) is 2. The van der Waals surface area contributed by atoms with Gasteiger partial charge in [-0.3, -0.25) is 9.59 Å². The van der Waals surface area contributed by atoms with Gasteiger partial charge < -0.3 is 4.57 Å². The highest BCUT2D eigenvalue weighted by molar-refractivity contribution is 6.08. The summed E-state index contributed by atoms with van der Waals surface area (Å²) in [4.78, 5) is 23.9. The zero-order chi connectivity index (χ0) is 18.0. The van der Waals surface area contributed by atoms with Gasteiger partial charge in [-0.15, -0.1) is 0 Å². The Hall–Kier alpha value is -2.95. The third-order valence-electron chi connectivity index (χ3n) is 4.40. The van der Waals surface area contributed by atoms with E-state index in [0.717, 1.165) is 11.4 Å². The van der Waals surface area contributed by atoms with E-state index in [1.54, 1.807) is 6.07 Å². The van der Waals surface area contributed by atoms with Gasteiger partial charge in [-0.2, -0.15) is 5.10 Å². The van der Waals surface area contributed by atoms with Crippen LogP contribution in [0.5, 0.6) is 0 Å². The highest BCUT2D eigenvalue weighted by atomic mass is 16.1. The van der Waals surface area contributed by atoms with Gasteiger partial charge in [-0.05, 0) is 29.7 Å².